The van der Waals surface area contributed by atoms with E-state index < -0.39 is 32.8 Å². The first-order valence-electron chi connectivity index (χ1n) is 6.22. The van der Waals surface area contributed by atoms with Crippen molar-refractivity contribution in [3.63, 3.8) is 0 Å². The molecule has 23 heavy (non-hydrogen) atoms. The van der Waals surface area contributed by atoms with E-state index in [-0.39, 0.29) is 11.3 Å². The van der Waals surface area contributed by atoms with Crippen molar-refractivity contribution in [1.29, 1.82) is 0 Å². The maximum Gasteiger partial charge on any atom is 0.573 e. The fourth-order valence-corrected chi connectivity index (χ4v) is 3.08. The molecule has 0 heterocycles. The van der Waals surface area contributed by atoms with E-state index in [4.69, 9.17) is 0 Å². The Labute approximate surface area is 129 Å². The maximum absolute atomic E-state index is 13.0. The monoisotopic (exact) mass is 349 g/mol. The first kappa shape index (κ1) is 17.1. The lowest BCUT2D eigenvalue weighted by molar-refractivity contribution is -0.275. The standard InChI is InChI=1S/C14H11F4NO3S/c1-9-8-10(15)6-7-11(9)19-23(20,21)13-5-3-2-4-12(13)22-14(16,17)18/h2-8,19H,1H3. The molecule has 0 aliphatic carbocycles. The molecule has 0 spiro atoms. The number of hydrogen-bond donors (Lipinski definition) is 1. The van der Waals surface area contributed by atoms with Crippen LogP contribution in [0.3, 0.4) is 0 Å². The van der Waals surface area contributed by atoms with E-state index in [1.165, 1.54) is 25.1 Å². The number of para-hydroxylation sites is 1. The van der Waals surface area contributed by atoms with E-state index in [2.05, 4.69) is 9.46 Å². The Hall–Kier alpha value is -2.29. The minimum atomic E-state index is -5.03. The van der Waals surface area contributed by atoms with Gasteiger partial charge in [-0.05, 0) is 42.8 Å². The van der Waals surface area contributed by atoms with Gasteiger partial charge in [0.25, 0.3) is 10.0 Å². The van der Waals surface area contributed by atoms with E-state index in [0.29, 0.717) is 0 Å². The van der Waals surface area contributed by atoms with Gasteiger partial charge < -0.3 is 4.74 Å². The molecule has 0 radical (unpaired) electrons. The minimum Gasteiger partial charge on any atom is -0.404 e. The third-order valence-corrected chi connectivity index (χ3v) is 4.20. The van der Waals surface area contributed by atoms with Gasteiger partial charge in [-0.15, -0.1) is 13.2 Å². The second kappa shape index (κ2) is 6.07. The van der Waals surface area contributed by atoms with E-state index in [9.17, 15) is 26.0 Å². The van der Waals surface area contributed by atoms with Crippen molar-refractivity contribution >= 4 is 15.7 Å². The fraction of sp³-hybridized carbons (Fsp3) is 0.143. The summed E-state index contributed by atoms with van der Waals surface area (Å²) < 4.78 is 80.6. The summed E-state index contributed by atoms with van der Waals surface area (Å²) in [6.45, 7) is 1.46. The molecule has 2 rings (SSSR count). The molecule has 2 aromatic carbocycles. The molecular formula is C14H11F4NO3S. The Morgan fingerprint density at radius 2 is 1.74 bits per heavy atom. The van der Waals surface area contributed by atoms with Gasteiger partial charge in [-0.25, -0.2) is 12.8 Å². The molecule has 0 aliphatic heterocycles. The molecule has 0 saturated heterocycles. The lowest BCUT2D eigenvalue weighted by Crippen LogP contribution is -2.21. The van der Waals surface area contributed by atoms with E-state index in [0.717, 1.165) is 24.3 Å². The van der Waals surface area contributed by atoms with Crippen LogP contribution in [0.1, 0.15) is 5.56 Å². The first-order chi connectivity index (χ1) is 10.6. The van der Waals surface area contributed by atoms with Gasteiger partial charge in [0.15, 0.2) is 0 Å². The average molecular weight is 349 g/mol. The molecule has 1 N–H and O–H groups in total. The quantitative estimate of drug-likeness (QED) is 0.854. The van der Waals surface area contributed by atoms with Gasteiger partial charge >= 0.3 is 6.36 Å². The third kappa shape index (κ3) is 4.35. The zero-order chi connectivity index (χ0) is 17.3. The van der Waals surface area contributed by atoms with Crippen LogP contribution < -0.4 is 9.46 Å². The lowest BCUT2D eigenvalue weighted by Gasteiger charge is -2.15. The number of benzene rings is 2. The van der Waals surface area contributed by atoms with Crippen LogP contribution in [0.25, 0.3) is 0 Å². The summed E-state index contributed by atoms with van der Waals surface area (Å²) in [6.07, 6.45) is -5.03. The summed E-state index contributed by atoms with van der Waals surface area (Å²) in [4.78, 5) is -0.680. The molecule has 0 bridgehead atoms. The van der Waals surface area contributed by atoms with Gasteiger partial charge in [0.05, 0.1) is 5.69 Å². The predicted octanol–water partition coefficient (Wildman–Crippen LogP) is 3.83. The summed E-state index contributed by atoms with van der Waals surface area (Å²) in [7, 11) is -4.35. The van der Waals surface area contributed by atoms with Crippen LogP contribution >= 0.6 is 0 Å². The summed E-state index contributed by atoms with van der Waals surface area (Å²) in [5, 5.41) is 0. The van der Waals surface area contributed by atoms with Crippen LogP contribution in [0, 0.1) is 12.7 Å². The molecule has 9 heteroatoms. The van der Waals surface area contributed by atoms with Gasteiger partial charge in [-0.3, -0.25) is 4.72 Å². The van der Waals surface area contributed by atoms with Gasteiger partial charge in [-0.1, -0.05) is 12.1 Å². The molecule has 0 atom stereocenters. The Morgan fingerprint density at radius 1 is 1.09 bits per heavy atom. The van der Waals surface area contributed by atoms with Crippen LogP contribution in [-0.4, -0.2) is 14.8 Å². The van der Waals surface area contributed by atoms with Crippen molar-refractivity contribution in [2.24, 2.45) is 0 Å². The number of hydrogen-bond acceptors (Lipinski definition) is 3. The number of anilines is 1. The largest absolute Gasteiger partial charge is 0.573 e. The zero-order valence-corrected chi connectivity index (χ0v) is 12.5. The van der Waals surface area contributed by atoms with Gasteiger partial charge in [0, 0.05) is 0 Å². The summed E-state index contributed by atoms with van der Waals surface area (Å²) in [5.41, 5.74) is 0.330. The summed E-state index contributed by atoms with van der Waals surface area (Å²) >= 11 is 0. The first-order valence-corrected chi connectivity index (χ1v) is 7.70. The van der Waals surface area contributed by atoms with E-state index in [1.807, 2.05) is 0 Å². The van der Waals surface area contributed by atoms with Crippen LogP contribution in [-0.2, 0) is 10.0 Å². The summed E-state index contributed by atoms with van der Waals surface area (Å²) in [6, 6.07) is 7.63. The van der Waals surface area contributed by atoms with E-state index >= 15 is 0 Å². The number of alkyl halides is 3. The highest BCUT2D eigenvalue weighted by Gasteiger charge is 2.34. The van der Waals surface area contributed by atoms with Crippen molar-refractivity contribution in [2.75, 3.05) is 4.72 Å². The Bertz CT molecular complexity index is 819. The number of sulfonamides is 1. The molecule has 124 valence electrons. The Balaban J connectivity index is 2.40. The van der Waals surface area contributed by atoms with Crippen molar-refractivity contribution < 1.29 is 30.7 Å². The van der Waals surface area contributed by atoms with Crippen molar-refractivity contribution in [3.8, 4) is 5.75 Å². The molecule has 0 fully saturated rings. The molecular weight excluding hydrogens is 338 g/mol. The zero-order valence-electron chi connectivity index (χ0n) is 11.7. The van der Waals surface area contributed by atoms with Crippen molar-refractivity contribution in [1.82, 2.24) is 0 Å². The highest BCUT2D eigenvalue weighted by atomic mass is 32.2. The summed E-state index contributed by atoms with van der Waals surface area (Å²) in [5.74, 6) is -1.42. The fourth-order valence-electron chi connectivity index (χ4n) is 1.82. The number of rotatable bonds is 4. The van der Waals surface area contributed by atoms with Gasteiger partial charge in [0.2, 0.25) is 0 Å². The van der Waals surface area contributed by atoms with Gasteiger partial charge in [0.1, 0.15) is 16.5 Å². The lowest BCUT2D eigenvalue weighted by atomic mass is 10.2. The molecule has 0 unspecified atom stereocenters. The third-order valence-electron chi connectivity index (χ3n) is 2.80. The molecule has 2 aromatic rings. The molecule has 0 amide bonds. The highest BCUT2D eigenvalue weighted by Crippen LogP contribution is 2.31. The predicted molar refractivity (Wildman–Crippen MR) is 75.1 cm³/mol. The Morgan fingerprint density at radius 3 is 2.35 bits per heavy atom. The van der Waals surface area contributed by atoms with Crippen LogP contribution in [0.2, 0.25) is 0 Å². The maximum atomic E-state index is 13.0. The van der Waals surface area contributed by atoms with Gasteiger partial charge in [-0.2, -0.15) is 0 Å². The van der Waals surface area contributed by atoms with Crippen LogP contribution in [0.15, 0.2) is 47.4 Å². The van der Waals surface area contributed by atoms with Crippen LogP contribution in [0.4, 0.5) is 23.2 Å². The number of halogens is 4. The molecule has 4 nitrogen and oxygen atoms in total. The average Bonchev–Trinajstić information content (AvgIpc) is 2.40. The SMILES string of the molecule is Cc1cc(F)ccc1NS(=O)(=O)c1ccccc1OC(F)(F)F. The second-order valence-corrected chi connectivity index (χ2v) is 6.21. The highest BCUT2D eigenvalue weighted by molar-refractivity contribution is 7.92. The smallest absolute Gasteiger partial charge is 0.404 e. The number of nitrogens with one attached hydrogen (secondary N) is 1. The Kier molecular flexibility index (Phi) is 4.51. The second-order valence-electron chi connectivity index (χ2n) is 4.56. The topological polar surface area (TPSA) is 55.4 Å². The van der Waals surface area contributed by atoms with Crippen molar-refractivity contribution in [2.45, 2.75) is 18.2 Å². The van der Waals surface area contributed by atoms with E-state index in [1.54, 1.807) is 0 Å². The molecule has 0 aromatic heterocycles. The normalized spacial score (nSPS) is 12.0. The number of ether oxygens (including phenoxy) is 1. The minimum absolute atomic E-state index is 0.0493. The van der Waals surface area contributed by atoms with Crippen LogP contribution in [0.5, 0.6) is 5.75 Å². The molecule has 0 aliphatic rings. The van der Waals surface area contributed by atoms with Crippen molar-refractivity contribution in [3.05, 3.63) is 53.8 Å². The molecule has 0 saturated carbocycles. The number of aryl methyl sites for hydroxylation is 1.